The highest BCUT2D eigenvalue weighted by molar-refractivity contribution is 7.86. The largest absolute Gasteiger partial charge is 0.409 e. The zero-order valence-electron chi connectivity index (χ0n) is 27.1. The molecule has 1 saturated heterocycles. The molecule has 0 bridgehead atoms. The van der Waals surface area contributed by atoms with E-state index in [1.807, 2.05) is 13.0 Å². The van der Waals surface area contributed by atoms with Crippen LogP contribution in [0.3, 0.4) is 0 Å². The first kappa shape index (κ1) is 33.5. The normalized spacial score (nSPS) is 23.7. The van der Waals surface area contributed by atoms with Crippen molar-refractivity contribution in [3.63, 3.8) is 0 Å². The van der Waals surface area contributed by atoms with Crippen LogP contribution in [-0.2, 0) is 23.5 Å². The number of allylic oxidation sites excluding steroid dienone is 6. The van der Waals surface area contributed by atoms with Crippen LogP contribution in [0.4, 0.5) is 0 Å². The molecule has 2 unspecified atom stereocenters. The number of ether oxygens (including phenoxy) is 1. The number of fused-ring (bicyclic) bond motifs is 1. The van der Waals surface area contributed by atoms with Crippen molar-refractivity contribution in [1.82, 2.24) is 10.2 Å². The van der Waals surface area contributed by atoms with Crippen LogP contribution in [0.25, 0.3) is 0 Å². The van der Waals surface area contributed by atoms with E-state index in [-0.39, 0.29) is 35.3 Å². The maximum absolute atomic E-state index is 13.0. The van der Waals surface area contributed by atoms with Gasteiger partial charge in [0.1, 0.15) is 6.10 Å². The van der Waals surface area contributed by atoms with E-state index in [0.717, 1.165) is 24.8 Å². The predicted molar refractivity (Wildman–Crippen MR) is 175 cm³/mol. The lowest BCUT2D eigenvalue weighted by molar-refractivity contribution is -0.00711. The van der Waals surface area contributed by atoms with Crippen LogP contribution < -0.4 is 11.1 Å². The monoisotopic (exact) mass is 629 g/mol. The van der Waals surface area contributed by atoms with Crippen molar-refractivity contribution in [2.75, 3.05) is 27.3 Å². The Morgan fingerprint density at radius 3 is 2.37 bits per heavy atom. The third kappa shape index (κ3) is 8.42. The van der Waals surface area contributed by atoms with Gasteiger partial charge in [-0.3, -0.25) is 4.18 Å². The van der Waals surface area contributed by atoms with Gasteiger partial charge in [0.15, 0.2) is 8.32 Å². The summed E-state index contributed by atoms with van der Waals surface area (Å²) in [5.41, 5.74) is 12.0. The molecule has 2 aliphatic carbocycles. The molecule has 0 spiro atoms. The third-order valence-electron chi connectivity index (χ3n) is 9.27. The first-order chi connectivity index (χ1) is 20.1. The van der Waals surface area contributed by atoms with Gasteiger partial charge in [-0.1, -0.05) is 44.5 Å². The van der Waals surface area contributed by atoms with Crippen molar-refractivity contribution in [2.24, 2.45) is 11.7 Å². The number of nitrogens with zero attached hydrogens (tertiary/aromatic N) is 1. The Labute approximate surface area is 260 Å². The van der Waals surface area contributed by atoms with Crippen molar-refractivity contribution in [3.05, 3.63) is 76.8 Å². The molecule has 1 aliphatic heterocycles. The topological polar surface area (TPSA) is 103 Å². The van der Waals surface area contributed by atoms with Crippen molar-refractivity contribution in [2.45, 2.75) is 94.7 Å². The van der Waals surface area contributed by atoms with Crippen LogP contribution in [0.2, 0.25) is 18.1 Å². The number of rotatable bonds is 11. The Balaban J connectivity index is 1.42. The van der Waals surface area contributed by atoms with Gasteiger partial charge in [0.05, 0.1) is 24.2 Å². The van der Waals surface area contributed by atoms with Crippen LogP contribution >= 0.6 is 0 Å². The van der Waals surface area contributed by atoms with Crippen LogP contribution in [0.5, 0.6) is 0 Å². The van der Waals surface area contributed by atoms with Crippen LogP contribution in [0, 0.1) is 12.8 Å². The number of hydrogen-bond donors (Lipinski definition) is 2. The number of hydrogen-bond acceptors (Lipinski definition) is 8. The van der Waals surface area contributed by atoms with Gasteiger partial charge < -0.3 is 25.1 Å². The van der Waals surface area contributed by atoms with Gasteiger partial charge in [-0.25, -0.2) is 0 Å². The first-order valence-electron chi connectivity index (χ1n) is 15.3. The summed E-state index contributed by atoms with van der Waals surface area (Å²) in [4.78, 5) is 2.33. The van der Waals surface area contributed by atoms with E-state index in [1.165, 1.54) is 17.0 Å². The Morgan fingerprint density at radius 1 is 1.02 bits per heavy atom. The molecule has 1 heterocycles. The lowest BCUT2D eigenvalue weighted by Gasteiger charge is -2.40. The lowest BCUT2D eigenvalue weighted by Crippen LogP contribution is -2.47. The highest BCUT2D eigenvalue weighted by atomic mass is 32.2. The molecule has 1 aromatic rings. The molecule has 3 N–H and O–H groups in total. The number of nitrogens with two attached hydrogens (primary N) is 1. The van der Waals surface area contributed by atoms with E-state index in [9.17, 15) is 8.42 Å². The molecule has 1 aromatic carbocycles. The zero-order chi connectivity index (χ0) is 31.6. The first-order valence-corrected chi connectivity index (χ1v) is 19.6. The summed E-state index contributed by atoms with van der Waals surface area (Å²) in [6.45, 7) is 12.7. The molecule has 0 radical (unpaired) electrons. The zero-order valence-corrected chi connectivity index (χ0v) is 29.0. The van der Waals surface area contributed by atoms with Crippen LogP contribution in [0.15, 0.2) is 76.1 Å². The van der Waals surface area contributed by atoms with Gasteiger partial charge in [-0.05, 0) is 80.3 Å². The summed E-state index contributed by atoms with van der Waals surface area (Å²) in [5, 5.41) is 3.72. The van der Waals surface area contributed by atoms with E-state index < -0.39 is 24.5 Å². The van der Waals surface area contributed by atoms with Crippen molar-refractivity contribution in [3.8, 4) is 0 Å². The molecule has 0 aromatic heterocycles. The molecule has 0 amide bonds. The van der Waals surface area contributed by atoms with Gasteiger partial charge in [0.2, 0.25) is 0 Å². The summed E-state index contributed by atoms with van der Waals surface area (Å²) in [5.74, 6) is 0.528. The van der Waals surface area contributed by atoms with Crippen LogP contribution in [-0.4, -0.2) is 67.2 Å². The lowest BCUT2D eigenvalue weighted by atomic mass is 9.81. The summed E-state index contributed by atoms with van der Waals surface area (Å²) >= 11 is 0. The van der Waals surface area contributed by atoms with Crippen LogP contribution in [0.1, 0.15) is 52.0 Å². The smallest absolute Gasteiger partial charge is 0.297 e. The predicted octanol–water partition coefficient (Wildman–Crippen LogP) is 5.75. The Kier molecular flexibility index (Phi) is 10.4. The van der Waals surface area contributed by atoms with E-state index in [4.69, 9.17) is 19.1 Å². The molecule has 8 nitrogen and oxygen atoms in total. The van der Waals surface area contributed by atoms with Crippen molar-refractivity contribution < 1.29 is 21.8 Å². The summed E-state index contributed by atoms with van der Waals surface area (Å²) in [6, 6.07) is 6.88. The van der Waals surface area contributed by atoms with Crippen molar-refractivity contribution in [1.29, 1.82) is 0 Å². The molecule has 4 rings (SSSR count). The fraction of sp³-hybridized carbons (Fsp3) is 0.576. The Bertz CT molecular complexity index is 1370. The van der Waals surface area contributed by atoms with E-state index in [2.05, 4.69) is 76.4 Å². The maximum atomic E-state index is 13.0. The third-order valence-corrected chi connectivity index (χ3v) is 15.1. The second kappa shape index (κ2) is 13.3. The maximum Gasteiger partial charge on any atom is 0.297 e. The van der Waals surface area contributed by atoms with E-state index >= 15 is 0 Å². The standard InChI is InChI=1S/C33H51N3O5SSi/c1-23-9-14-28(15-10-23)42(37,38)40-22-27(41-43(7,8)33(2,3)4)21-39-32-20-25(11-16-29(32)34)30-17-12-24-19-26(36(5)6)13-18-31(24)35-30/h9-11,13-16,18,24,27,30,32,35H,12,17,19-22,34H2,1-8H3/t24-,27?,30?,32-/m1/s1. The average molecular weight is 630 g/mol. The quantitative estimate of drug-likeness (QED) is 0.236. The molecule has 3 aliphatic rings. The Morgan fingerprint density at radius 2 is 1.72 bits per heavy atom. The fourth-order valence-electron chi connectivity index (χ4n) is 5.42. The minimum absolute atomic E-state index is 0.0679. The van der Waals surface area contributed by atoms with Crippen molar-refractivity contribution >= 4 is 18.4 Å². The second-order valence-electron chi connectivity index (χ2n) is 13.8. The minimum Gasteiger partial charge on any atom is -0.409 e. The minimum atomic E-state index is -3.94. The number of aryl methyl sites for hydroxylation is 1. The highest BCUT2D eigenvalue weighted by Crippen LogP contribution is 2.38. The second-order valence-corrected chi connectivity index (χ2v) is 20.2. The number of piperidine rings is 1. The molecule has 0 saturated carbocycles. The molecule has 10 heteroatoms. The Hall–Kier alpha value is -2.37. The van der Waals surface area contributed by atoms with Gasteiger partial charge in [-0.2, -0.15) is 8.42 Å². The number of benzene rings is 1. The summed E-state index contributed by atoms with van der Waals surface area (Å²) < 4.78 is 44.5. The van der Waals surface area contributed by atoms with Gasteiger partial charge >= 0.3 is 0 Å². The molecule has 238 valence electrons. The highest BCUT2D eigenvalue weighted by Gasteiger charge is 2.40. The molecule has 1 fully saturated rings. The average Bonchev–Trinajstić information content (AvgIpc) is 2.94. The summed E-state index contributed by atoms with van der Waals surface area (Å²) in [6.07, 6.45) is 11.5. The van der Waals surface area contributed by atoms with E-state index in [0.29, 0.717) is 18.0 Å². The molecule has 4 atom stereocenters. The summed E-state index contributed by atoms with van der Waals surface area (Å²) in [7, 11) is -2.00. The van der Waals surface area contributed by atoms with Gasteiger partial charge in [-0.15, -0.1) is 0 Å². The van der Waals surface area contributed by atoms with Gasteiger partial charge in [0.25, 0.3) is 10.1 Å². The molecular formula is C33H51N3O5SSi. The fourth-order valence-corrected chi connectivity index (χ4v) is 7.68. The number of nitrogens with one attached hydrogen (secondary N) is 1. The SMILES string of the molecule is Cc1ccc(S(=O)(=O)OCC(CO[C@@H]2CC(C3CC[C@@H]4CC(N(C)C)=CC=C4N3)=CC=C2N)O[Si](C)(C)C(C)(C)C)cc1. The molecular weight excluding hydrogens is 579 g/mol. The van der Waals surface area contributed by atoms with E-state index in [1.54, 1.807) is 24.3 Å². The van der Waals surface area contributed by atoms with Gasteiger partial charge in [0, 0.05) is 49.6 Å². The molecule has 43 heavy (non-hydrogen) atoms.